The maximum absolute atomic E-state index is 12.4. The molecule has 1 aliphatic heterocycles. The molecule has 0 spiro atoms. The van der Waals surface area contributed by atoms with E-state index in [9.17, 15) is 13.2 Å². The summed E-state index contributed by atoms with van der Waals surface area (Å²) in [6, 6.07) is 10.2. The second kappa shape index (κ2) is 5.97. The lowest BCUT2D eigenvalue weighted by atomic mass is 10.0. The van der Waals surface area contributed by atoms with Crippen molar-refractivity contribution in [1.29, 1.82) is 0 Å². The van der Waals surface area contributed by atoms with Crippen molar-refractivity contribution in [1.82, 2.24) is 5.01 Å². The van der Waals surface area contributed by atoms with Gasteiger partial charge < -0.3 is 4.42 Å². The summed E-state index contributed by atoms with van der Waals surface area (Å²) in [5.74, 6) is 0.213. The normalized spacial score (nSPS) is 16.6. The minimum Gasteiger partial charge on any atom is -0.465 e. The number of benzene rings is 1. The number of anilines is 1. The fourth-order valence-electron chi connectivity index (χ4n) is 2.35. The van der Waals surface area contributed by atoms with E-state index in [1.165, 1.54) is 18.3 Å². The Bertz CT molecular complexity index is 943. The van der Waals surface area contributed by atoms with Crippen LogP contribution in [0.3, 0.4) is 0 Å². The highest BCUT2D eigenvalue weighted by Gasteiger charge is 2.30. The number of rotatable bonds is 4. The lowest BCUT2D eigenvalue weighted by molar-refractivity contribution is -0.124. The van der Waals surface area contributed by atoms with Gasteiger partial charge in [0.25, 0.3) is 5.91 Å². The third kappa shape index (κ3) is 3.23. The first-order chi connectivity index (χ1) is 11.3. The molecule has 0 atom stereocenters. The van der Waals surface area contributed by atoms with E-state index in [0.717, 1.165) is 6.26 Å². The molecule has 1 aromatic heterocycles. The third-order valence-corrected chi connectivity index (χ3v) is 3.93. The van der Waals surface area contributed by atoms with Crippen molar-refractivity contribution in [3.63, 3.8) is 0 Å². The lowest BCUT2D eigenvalue weighted by Crippen LogP contribution is -2.17. The predicted octanol–water partition coefficient (Wildman–Crippen LogP) is 1.91. The third-order valence-electron chi connectivity index (χ3n) is 3.34. The van der Waals surface area contributed by atoms with E-state index < -0.39 is 10.0 Å². The minimum atomic E-state index is -3.47. The Balaban J connectivity index is 2.11. The summed E-state index contributed by atoms with van der Waals surface area (Å²) in [7, 11) is -1.93. The summed E-state index contributed by atoms with van der Waals surface area (Å²) in [4.78, 5) is 12.4. The van der Waals surface area contributed by atoms with Gasteiger partial charge in [-0.2, -0.15) is 5.10 Å². The molecule has 0 saturated heterocycles. The summed E-state index contributed by atoms with van der Waals surface area (Å²) >= 11 is 0. The van der Waals surface area contributed by atoms with Crippen LogP contribution in [0, 0.1) is 0 Å². The SMILES string of the molecule is CN1N=C(c2ccccc2NS(C)(=O)=O)/C(=C\c2ccco2)C1=O. The van der Waals surface area contributed by atoms with Crippen LogP contribution in [0.25, 0.3) is 6.08 Å². The highest BCUT2D eigenvalue weighted by atomic mass is 32.2. The molecular formula is C16H15N3O4S. The van der Waals surface area contributed by atoms with E-state index in [1.807, 2.05) is 0 Å². The molecular weight excluding hydrogens is 330 g/mol. The van der Waals surface area contributed by atoms with Gasteiger partial charge >= 0.3 is 0 Å². The number of carbonyl (C=O) groups is 1. The first-order valence-electron chi connectivity index (χ1n) is 7.04. The number of amides is 1. The second-order valence-electron chi connectivity index (χ2n) is 5.27. The van der Waals surface area contributed by atoms with Gasteiger partial charge in [-0.15, -0.1) is 0 Å². The fourth-order valence-corrected chi connectivity index (χ4v) is 2.93. The van der Waals surface area contributed by atoms with Crippen LogP contribution in [0.15, 0.2) is 57.8 Å². The molecule has 0 bridgehead atoms. The van der Waals surface area contributed by atoms with Crippen molar-refractivity contribution in [2.75, 3.05) is 18.0 Å². The smallest absolute Gasteiger partial charge is 0.276 e. The summed E-state index contributed by atoms with van der Waals surface area (Å²) < 4.78 is 30.9. The molecule has 1 aromatic carbocycles. The van der Waals surface area contributed by atoms with Crippen molar-refractivity contribution >= 4 is 33.4 Å². The zero-order chi connectivity index (χ0) is 17.3. The van der Waals surface area contributed by atoms with Crippen LogP contribution in [0.5, 0.6) is 0 Å². The molecule has 2 aromatic rings. The summed E-state index contributed by atoms with van der Waals surface area (Å²) in [5, 5.41) is 5.46. The zero-order valence-corrected chi connectivity index (χ0v) is 13.9. The predicted molar refractivity (Wildman–Crippen MR) is 90.9 cm³/mol. The monoisotopic (exact) mass is 345 g/mol. The Kier molecular flexibility index (Phi) is 3.98. The molecule has 2 heterocycles. The molecule has 0 saturated carbocycles. The first kappa shape index (κ1) is 16.0. The van der Waals surface area contributed by atoms with Gasteiger partial charge in [-0.3, -0.25) is 9.52 Å². The van der Waals surface area contributed by atoms with Gasteiger partial charge in [-0.25, -0.2) is 13.4 Å². The molecule has 7 nitrogen and oxygen atoms in total. The van der Waals surface area contributed by atoms with Crippen LogP contribution < -0.4 is 4.72 Å². The largest absolute Gasteiger partial charge is 0.465 e. The Labute approximate surface area is 139 Å². The van der Waals surface area contributed by atoms with Crippen LogP contribution in [0.4, 0.5) is 5.69 Å². The van der Waals surface area contributed by atoms with Gasteiger partial charge in [0.15, 0.2) is 0 Å². The average Bonchev–Trinajstić information content (AvgIpc) is 3.10. The number of carbonyl (C=O) groups excluding carboxylic acids is 1. The van der Waals surface area contributed by atoms with Gasteiger partial charge in [0.1, 0.15) is 11.5 Å². The number of para-hydroxylation sites is 1. The quantitative estimate of drug-likeness (QED) is 0.857. The topological polar surface area (TPSA) is 92.0 Å². The van der Waals surface area contributed by atoms with Gasteiger partial charge in [0.05, 0.1) is 23.8 Å². The van der Waals surface area contributed by atoms with E-state index >= 15 is 0 Å². The van der Waals surface area contributed by atoms with Crippen molar-refractivity contribution in [2.24, 2.45) is 5.10 Å². The maximum atomic E-state index is 12.4. The number of furan rings is 1. The minimum absolute atomic E-state index is 0.296. The molecule has 1 amide bonds. The van der Waals surface area contributed by atoms with Crippen LogP contribution in [-0.2, 0) is 14.8 Å². The molecule has 0 unspecified atom stereocenters. The van der Waals surface area contributed by atoms with Crippen LogP contribution in [0.2, 0.25) is 0 Å². The molecule has 0 aliphatic carbocycles. The van der Waals surface area contributed by atoms with E-state index in [2.05, 4.69) is 9.82 Å². The van der Waals surface area contributed by atoms with Crippen LogP contribution >= 0.6 is 0 Å². The number of likely N-dealkylation sites (N-methyl/N-ethyl adjacent to an activating group) is 1. The molecule has 124 valence electrons. The molecule has 8 heteroatoms. The van der Waals surface area contributed by atoms with Gasteiger partial charge in [-0.1, -0.05) is 18.2 Å². The van der Waals surface area contributed by atoms with E-state index in [-0.39, 0.29) is 5.91 Å². The number of nitrogens with one attached hydrogen (secondary N) is 1. The van der Waals surface area contributed by atoms with Crippen LogP contribution in [0.1, 0.15) is 11.3 Å². The fraction of sp³-hybridized carbons (Fsp3) is 0.125. The molecule has 0 fully saturated rings. The zero-order valence-electron chi connectivity index (χ0n) is 13.1. The number of hydrazone groups is 1. The first-order valence-corrected chi connectivity index (χ1v) is 8.94. The van der Waals surface area contributed by atoms with Crippen molar-refractivity contribution in [3.05, 3.63) is 59.6 Å². The summed E-state index contributed by atoms with van der Waals surface area (Å²) in [6.45, 7) is 0. The van der Waals surface area contributed by atoms with E-state index in [1.54, 1.807) is 42.5 Å². The second-order valence-corrected chi connectivity index (χ2v) is 7.02. The highest BCUT2D eigenvalue weighted by Crippen LogP contribution is 2.27. The van der Waals surface area contributed by atoms with Crippen molar-refractivity contribution < 1.29 is 17.6 Å². The Morgan fingerprint density at radius 3 is 2.62 bits per heavy atom. The number of sulfonamides is 1. The standard InChI is InChI=1S/C16H15N3O4S/c1-19-16(20)13(10-11-6-5-9-23-11)15(17-19)12-7-3-4-8-14(12)18-24(2,21)22/h3-10,18H,1-2H3/b13-10+. The lowest BCUT2D eigenvalue weighted by Gasteiger charge is -2.10. The van der Waals surface area contributed by atoms with Gasteiger partial charge in [0, 0.05) is 12.6 Å². The Morgan fingerprint density at radius 1 is 1.21 bits per heavy atom. The summed E-state index contributed by atoms with van der Waals surface area (Å²) in [5.41, 5.74) is 1.58. The Morgan fingerprint density at radius 2 is 1.96 bits per heavy atom. The number of hydrogen-bond acceptors (Lipinski definition) is 5. The van der Waals surface area contributed by atoms with Crippen molar-refractivity contribution in [2.45, 2.75) is 0 Å². The molecule has 1 N–H and O–H groups in total. The van der Waals surface area contributed by atoms with Gasteiger partial charge in [0.2, 0.25) is 10.0 Å². The highest BCUT2D eigenvalue weighted by molar-refractivity contribution is 7.92. The summed E-state index contributed by atoms with van der Waals surface area (Å²) in [6.07, 6.45) is 4.16. The Hall–Kier alpha value is -2.87. The molecule has 3 rings (SSSR count). The van der Waals surface area contributed by atoms with Crippen molar-refractivity contribution in [3.8, 4) is 0 Å². The van der Waals surface area contributed by atoms with E-state index in [4.69, 9.17) is 4.42 Å². The maximum Gasteiger partial charge on any atom is 0.276 e. The molecule has 0 radical (unpaired) electrons. The average molecular weight is 345 g/mol. The van der Waals surface area contributed by atoms with Gasteiger partial charge in [-0.05, 0) is 24.3 Å². The van der Waals surface area contributed by atoms with E-state index in [0.29, 0.717) is 28.3 Å². The van der Waals surface area contributed by atoms with Crippen LogP contribution in [-0.4, -0.2) is 38.3 Å². The number of hydrogen-bond donors (Lipinski definition) is 1. The molecule has 24 heavy (non-hydrogen) atoms. The number of nitrogens with zero attached hydrogens (tertiary/aromatic N) is 2. The molecule has 1 aliphatic rings.